The second kappa shape index (κ2) is 5.28. The van der Waals surface area contributed by atoms with E-state index in [1.54, 1.807) is 13.8 Å². The number of hydrazine groups is 1. The molecular formula is C12H11BrF3N3O2. The molecule has 114 valence electrons. The van der Waals surface area contributed by atoms with Crippen molar-refractivity contribution in [1.29, 1.82) is 0 Å². The summed E-state index contributed by atoms with van der Waals surface area (Å²) >= 11 is 2.73. The van der Waals surface area contributed by atoms with E-state index in [0.29, 0.717) is 0 Å². The summed E-state index contributed by atoms with van der Waals surface area (Å²) in [5, 5.41) is 0.789. The van der Waals surface area contributed by atoms with Gasteiger partial charge in [-0.05, 0) is 28.1 Å². The Kier molecular flexibility index (Phi) is 3.96. The van der Waals surface area contributed by atoms with Gasteiger partial charge in [0, 0.05) is 11.8 Å². The van der Waals surface area contributed by atoms with Crippen LogP contribution in [0.15, 0.2) is 16.7 Å². The van der Waals surface area contributed by atoms with Gasteiger partial charge in [-0.25, -0.2) is 4.98 Å². The highest BCUT2D eigenvalue weighted by Crippen LogP contribution is 2.34. The lowest BCUT2D eigenvalue weighted by Crippen LogP contribution is -2.36. The number of nitrogens with one attached hydrogen (secondary N) is 1. The molecule has 1 fully saturated rings. The molecular weight excluding hydrogens is 355 g/mol. The van der Waals surface area contributed by atoms with E-state index in [9.17, 15) is 22.8 Å². The number of carbonyl (C=O) groups is 2. The van der Waals surface area contributed by atoms with E-state index in [1.807, 2.05) is 0 Å². The molecule has 2 amide bonds. The molecule has 0 aromatic carbocycles. The van der Waals surface area contributed by atoms with Gasteiger partial charge in [0.2, 0.25) is 0 Å². The van der Waals surface area contributed by atoms with Crippen LogP contribution in [-0.4, -0.2) is 21.8 Å². The van der Waals surface area contributed by atoms with E-state index in [4.69, 9.17) is 0 Å². The van der Waals surface area contributed by atoms with Gasteiger partial charge in [-0.15, -0.1) is 0 Å². The summed E-state index contributed by atoms with van der Waals surface area (Å²) in [4.78, 5) is 27.4. The molecule has 0 spiro atoms. The van der Waals surface area contributed by atoms with Crippen LogP contribution in [0.2, 0.25) is 0 Å². The molecule has 0 aliphatic carbocycles. The molecule has 2 atom stereocenters. The fraction of sp³-hybridized carbons (Fsp3) is 0.417. The van der Waals surface area contributed by atoms with Crippen LogP contribution in [0, 0.1) is 11.8 Å². The molecule has 5 nitrogen and oxygen atoms in total. The van der Waals surface area contributed by atoms with Crippen molar-refractivity contribution in [3.63, 3.8) is 0 Å². The first-order valence-electron chi connectivity index (χ1n) is 6.01. The van der Waals surface area contributed by atoms with E-state index in [0.717, 1.165) is 17.1 Å². The Bertz CT molecular complexity index is 586. The number of rotatable bonds is 2. The number of amides is 2. The molecule has 0 saturated carbocycles. The molecule has 2 unspecified atom stereocenters. The van der Waals surface area contributed by atoms with E-state index in [2.05, 4.69) is 26.3 Å². The molecule has 1 saturated heterocycles. The van der Waals surface area contributed by atoms with E-state index in [1.165, 1.54) is 0 Å². The molecule has 1 aromatic rings. The third kappa shape index (κ3) is 2.87. The van der Waals surface area contributed by atoms with Gasteiger partial charge in [-0.2, -0.15) is 18.2 Å². The minimum atomic E-state index is -4.54. The molecule has 1 N–H and O–H groups in total. The highest BCUT2D eigenvalue weighted by atomic mass is 79.9. The topological polar surface area (TPSA) is 62.3 Å². The Hall–Kier alpha value is -1.64. The average Bonchev–Trinajstić information content (AvgIpc) is 2.55. The molecule has 2 heterocycles. The zero-order valence-electron chi connectivity index (χ0n) is 11.0. The van der Waals surface area contributed by atoms with Crippen LogP contribution in [0.5, 0.6) is 0 Å². The number of hydrogen-bond acceptors (Lipinski definition) is 4. The summed E-state index contributed by atoms with van der Waals surface area (Å²) in [5.74, 6) is -1.88. The zero-order valence-corrected chi connectivity index (χ0v) is 12.6. The largest absolute Gasteiger partial charge is 0.419 e. The molecule has 21 heavy (non-hydrogen) atoms. The average molecular weight is 366 g/mol. The highest BCUT2D eigenvalue weighted by Gasteiger charge is 2.43. The number of anilines is 1. The molecule has 0 bridgehead atoms. The van der Waals surface area contributed by atoms with Crippen LogP contribution in [-0.2, 0) is 15.8 Å². The second-order valence-corrected chi connectivity index (χ2v) is 5.48. The van der Waals surface area contributed by atoms with Crippen molar-refractivity contribution < 1.29 is 22.8 Å². The van der Waals surface area contributed by atoms with Crippen molar-refractivity contribution in [2.75, 3.05) is 5.43 Å². The van der Waals surface area contributed by atoms with Gasteiger partial charge in [0.15, 0.2) is 0 Å². The smallest absolute Gasteiger partial charge is 0.272 e. The Morgan fingerprint density at radius 3 is 2.14 bits per heavy atom. The SMILES string of the molecule is CC1C(=O)N(Nc2ccc(C(F)(F)F)c(Br)n2)C(=O)C1C. The lowest BCUT2D eigenvalue weighted by molar-refractivity contribution is -0.139. The van der Waals surface area contributed by atoms with Crippen molar-refractivity contribution in [2.45, 2.75) is 20.0 Å². The Balaban J connectivity index is 2.24. The predicted octanol–water partition coefficient (Wildman–Crippen LogP) is 2.83. The third-order valence-electron chi connectivity index (χ3n) is 3.35. The van der Waals surface area contributed by atoms with Gasteiger partial charge >= 0.3 is 6.18 Å². The van der Waals surface area contributed by atoms with Gasteiger partial charge < -0.3 is 0 Å². The molecule has 1 aliphatic rings. The Morgan fingerprint density at radius 2 is 1.71 bits per heavy atom. The van der Waals surface area contributed by atoms with Crippen molar-refractivity contribution >= 4 is 33.6 Å². The summed E-state index contributed by atoms with van der Waals surface area (Å²) < 4.78 is 37.4. The van der Waals surface area contributed by atoms with Gasteiger partial charge in [-0.3, -0.25) is 15.0 Å². The van der Waals surface area contributed by atoms with Crippen LogP contribution in [0.3, 0.4) is 0 Å². The number of aromatic nitrogens is 1. The zero-order chi connectivity index (χ0) is 15.9. The fourth-order valence-corrected chi connectivity index (χ4v) is 2.42. The monoisotopic (exact) mass is 365 g/mol. The maximum Gasteiger partial charge on any atom is 0.419 e. The lowest BCUT2D eigenvalue weighted by atomic mass is 10.00. The van der Waals surface area contributed by atoms with Crippen LogP contribution in [0.1, 0.15) is 19.4 Å². The van der Waals surface area contributed by atoms with Crippen molar-refractivity contribution in [3.8, 4) is 0 Å². The summed E-state index contributed by atoms with van der Waals surface area (Å²) in [7, 11) is 0. The number of alkyl halides is 3. The number of halogens is 4. The van der Waals surface area contributed by atoms with Crippen LogP contribution < -0.4 is 5.43 Å². The van der Waals surface area contributed by atoms with Crippen molar-refractivity contribution in [1.82, 2.24) is 9.99 Å². The Labute approximate surface area is 126 Å². The summed E-state index contributed by atoms with van der Waals surface area (Å²) in [6.45, 7) is 3.23. The molecule has 1 aliphatic heterocycles. The van der Waals surface area contributed by atoms with Crippen LogP contribution >= 0.6 is 15.9 Å². The van der Waals surface area contributed by atoms with Crippen molar-refractivity contribution in [3.05, 3.63) is 22.3 Å². The number of hydrogen-bond donors (Lipinski definition) is 1. The molecule has 0 radical (unpaired) electrons. The van der Waals surface area contributed by atoms with Crippen LogP contribution in [0.4, 0.5) is 19.0 Å². The maximum atomic E-state index is 12.6. The molecule has 9 heteroatoms. The quantitative estimate of drug-likeness (QED) is 0.646. The van der Waals surface area contributed by atoms with Gasteiger partial charge in [0.25, 0.3) is 11.8 Å². The number of carbonyl (C=O) groups excluding carboxylic acids is 2. The normalized spacial score (nSPS) is 22.9. The highest BCUT2D eigenvalue weighted by molar-refractivity contribution is 9.10. The fourth-order valence-electron chi connectivity index (χ4n) is 1.88. The van der Waals surface area contributed by atoms with Crippen LogP contribution in [0.25, 0.3) is 0 Å². The van der Waals surface area contributed by atoms with E-state index >= 15 is 0 Å². The number of pyridine rings is 1. The lowest BCUT2D eigenvalue weighted by Gasteiger charge is -2.17. The first-order valence-corrected chi connectivity index (χ1v) is 6.80. The summed E-state index contributed by atoms with van der Waals surface area (Å²) in [6.07, 6.45) is -4.54. The second-order valence-electron chi connectivity index (χ2n) is 4.73. The number of imide groups is 1. The standard InChI is InChI=1S/C12H11BrF3N3O2/c1-5-6(2)11(21)19(10(5)20)18-8-4-3-7(9(13)17-8)12(14,15)16/h3-6H,1-2H3,(H,17,18). The first kappa shape index (κ1) is 15.7. The van der Waals surface area contributed by atoms with Gasteiger partial charge in [0.1, 0.15) is 10.4 Å². The Morgan fingerprint density at radius 1 is 1.19 bits per heavy atom. The van der Waals surface area contributed by atoms with Gasteiger partial charge in [-0.1, -0.05) is 13.8 Å². The molecule has 2 rings (SSSR count). The summed E-state index contributed by atoms with van der Waals surface area (Å²) in [6, 6.07) is 1.87. The third-order valence-corrected chi connectivity index (χ3v) is 3.95. The van der Waals surface area contributed by atoms with E-state index < -0.39 is 40.0 Å². The minimum absolute atomic E-state index is 0.0297. The first-order chi connectivity index (χ1) is 9.62. The maximum absolute atomic E-state index is 12.6. The van der Waals surface area contributed by atoms with E-state index in [-0.39, 0.29) is 5.82 Å². The molecule has 1 aromatic heterocycles. The number of nitrogens with zero attached hydrogens (tertiary/aromatic N) is 2. The van der Waals surface area contributed by atoms with Gasteiger partial charge in [0.05, 0.1) is 5.56 Å². The minimum Gasteiger partial charge on any atom is -0.272 e. The predicted molar refractivity (Wildman–Crippen MR) is 70.7 cm³/mol. The summed E-state index contributed by atoms with van der Waals surface area (Å²) in [5.41, 5.74) is 1.51. The van der Waals surface area contributed by atoms with Crippen molar-refractivity contribution in [2.24, 2.45) is 11.8 Å².